The quantitative estimate of drug-likeness (QED) is 0.301. The maximum atomic E-state index is 14.0. The second kappa shape index (κ2) is 13.3. The topological polar surface area (TPSA) is 86.8 Å². The molecule has 38 heavy (non-hydrogen) atoms. The Labute approximate surface area is 238 Å². The van der Waals surface area contributed by atoms with Crippen molar-refractivity contribution >= 4 is 55.1 Å². The highest BCUT2D eigenvalue weighted by atomic mass is 79.9. The van der Waals surface area contributed by atoms with Crippen molar-refractivity contribution in [1.29, 1.82) is 0 Å². The van der Waals surface area contributed by atoms with Crippen LogP contribution in [0.1, 0.15) is 32.8 Å². The predicted molar refractivity (Wildman–Crippen MR) is 154 cm³/mol. The lowest BCUT2D eigenvalue weighted by atomic mass is 10.1. The molecule has 0 aromatic heterocycles. The summed E-state index contributed by atoms with van der Waals surface area (Å²) in [6, 6.07) is 20.7. The molecule has 2 amide bonds. The molecule has 1 atom stereocenters. The van der Waals surface area contributed by atoms with E-state index in [1.165, 1.54) is 17.0 Å². The smallest absolute Gasteiger partial charge is 0.264 e. The third-order valence-electron chi connectivity index (χ3n) is 5.84. The maximum absolute atomic E-state index is 14.0. The highest BCUT2D eigenvalue weighted by Gasteiger charge is 2.34. The van der Waals surface area contributed by atoms with E-state index in [9.17, 15) is 18.0 Å². The number of hydrogen-bond acceptors (Lipinski definition) is 4. The van der Waals surface area contributed by atoms with E-state index in [1.54, 1.807) is 66.7 Å². The number of benzene rings is 3. The molecule has 0 heterocycles. The first-order valence-corrected chi connectivity index (χ1v) is 14.8. The van der Waals surface area contributed by atoms with Gasteiger partial charge in [0.1, 0.15) is 12.6 Å². The van der Waals surface area contributed by atoms with Gasteiger partial charge in [-0.3, -0.25) is 13.9 Å². The summed E-state index contributed by atoms with van der Waals surface area (Å²) in [6.45, 7) is 5.03. The molecular formula is C28H31BrClN3O4S. The van der Waals surface area contributed by atoms with E-state index in [1.807, 2.05) is 20.8 Å². The Balaban J connectivity index is 2.06. The molecule has 0 aliphatic rings. The number of sulfonamides is 1. The first-order valence-electron chi connectivity index (χ1n) is 12.2. The van der Waals surface area contributed by atoms with Gasteiger partial charge in [0, 0.05) is 22.1 Å². The van der Waals surface area contributed by atoms with Gasteiger partial charge in [0.25, 0.3) is 10.0 Å². The molecule has 0 aliphatic heterocycles. The Morgan fingerprint density at radius 1 is 0.947 bits per heavy atom. The first kappa shape index (κ1) is 29.7. The van der Waals surface area contributed by atoms with Crippen molar-refractivity contribution in [3.63, 3.8) is 0 Å². The second-order valence-electron chi connectivity index (χ2n) is 9.00. The van der Waals surface area contributed by atoms with Crippen LogP contribution in [0.4, 0.5) is 5.69 Å². The number of halogens is 2. The van der Waals surface area contributed by atoms with Crippen molar-refractivity contribution in [3.8, 4) is 0 Å². The van der Waals surface area contributed by atoms with Crippen LogP contribution in [0.2, 0.25) is 5.02 Å². The Bertz CT molecular complexity index is 1350. The number of anilines is 1. The third-order valence-corrected chi connectivity index (χ3v) is 8.53. The van der Waals surface area contributed by atoms with Gasteiger partial charge >= 0.3 is 0 Å². The first-order chi connectivity index (χ1) is 18.0. The zero-order valence-corrected chi connectivity index (χ0v) is 24.6. The summed E-state index contributed by atoms with van der Waals surface area (Å²) in [4.78, 5) is 28.6. The van der Waals surface area contributed by atoms with Crippen LogP contribution in [0.5, 0.6) is 0 Å². The lowest BCUT2D eigenvalue weighted by Gasteiger charge is -2.33. The average Bonchev–Trinajstić information content (AvgIpc) is 2.88. The minimum Gasteiger partial charge on any atom is -0.352 e. The Kier molecular flexibility index (Phi) is 10.4. The lowest BCUT2D eigenvalue weighted by molar-refractivity contribution is -0.140. The Morgan fingerprint density at radius 3 is 2.13 bits per heavy atom. The highest BCUT2D eigenvalue weighted by Crippen LogP contribution is 2.27. The number of nitrogens with one attached hydrogen (secondary N) is 1. The maximum Gasteiger partial charge on any atom is 0.264 e. The van der Waals surface area contributed by atoms with Gasteiger partial charge in [0.05, 0.1) is 10.6 Å². The molecule has 3 rings (SSSR count). The lowest BCUT2D eigenvalue weighted by Crippen LogP contribution is -2.53. The molecule has 10 heteroatoms. The van der Waals surface area contributed by atoms with Gasteiger partial charge in [-0.2, -0.15) is 0 Å². The molecule has 0 bridgehead atoms. The van der Waals surface area contributed by atoms with E-state index in [-0.39, 0.29) is 23.4 Å². The fraction of sp³-hybridized carbons (Fsp3) is 0.286. The molecule has 1 N–H and O–H groups in total. The molecule has 0 aliphatic carbocycles. The summed E-state index contributed by atoms with van der Waals surface area (Å²) in [5.74, 6) is -0.845. The summed E-state index contributed by atoms with van der Waals surface area (Å²) < 4.78 is 29.3. The molecule has 7 nitrogen and oxygen atoms in total. The van der Waals surface area contributed by atoms with Crippen molar-refractivity contribution in [2.45, 2.75) is 50.7 Å². The Hall–Kier alpha value is -2.88. The van der Waals surface area contributed by atoms with Gasteiger partial charge in [0.2, 0.25) is 11.8 Å². The van der Waals surface area contributed by atoms with E-state index in [4.69, 9.17) is 11.6 Å². The molecule has 0 spiro atoms. The summed E-state index contributed by atoms with van der Waals surface area (Å²) in [5.41, 5.74) is 0.974. The summed E-state index contributed by atoms with van der Waals surface area (Å²) in [5, 5.41) is 3.32. The normalized spacial score (nSPS) is 12.2. The van der Waals surface area contributed by atoms with Gasteiger partial charge < -0.3 is 10.2 Å². The van der Waals surface area contributed by atoms with Gasteiger partial charge in [0.15, 0.2) is 0 Å². The van der Waals surface area contributed by atoms with Crippen LogP contribution in [0, 0.1) is 0 Å². The standard InChI is InChI=1S/C28H31BrClN3O4S/c1-4-26(28(35)31-20(2)3)32(18-21-10-8-9-13-25(21)30)27(34)19-33(23-16-14-22(29)15-17-23)38(36,37)24-11-6-5-7-12-24/h5-17,20,26H,4,18-19H2,1-3H3,(H,31,35)/t26-/m0/s1. The molecular weight excluding hydrogens is 590 g/mol. The molecule has 202 valence electrons. The molecule has 0 saturated carbocycles. The van der Waals surface area contributed by atoms with E-state index in [0.29, 0.717) is 22.7 Å². The van der Waals surface area contributed by atoms with Crippen molar-refractivity contribution in [2.75, 3.05) is 10.8 Å². The largest absolute Gasteiger partial charge is 0.352 e. The molecule has 3 aromatic rings. The summed E-state index contributed by atoms with van der Waals surface area (Å²) >= 11 is 9.78. The van der Waals surface area contributed by atoms with Gasteiger partial charge in [-0.25, -0.2) is 8.42 Å². The highest BCUT2D eigenvalue weighted by molar-refractivity contribution is 9.10. The number of carbonyl (C=O) groups excluding carboxylic acids is 2. The zero-order valence-electron chi connectivity index (χ0n) is 21.5. The van der Waals surface area contributed by atoms with Crippen LogP contribution >= 0.6 is 27.5 Å². The molecule has 3 aromatic carbocycles. The number of carbonyl (C=O) groups is 2. The molecule has 0 fully saturated rings. The van der Waals surface area contributed by atoms with Gasteiger partial charge in [-0.1, -0.05) is 70.9 Å². The summed E-state index contributed by atoms with van der Waals surface area (Å²) in [7, 11) is -4.10. The van der Waals surface area contributed by atoms with Crippen LogP contribution in [0.3, 0.4) is 0 Å². The van der Waals surface area contributed by atoms with Crippen molar-refractivity contribution < 1.29 is 18.0 Å². The number of nitrogens with zero attached hydrogens (tertiary/aromatic N) is 2. The fourth-order valence-electron chi connectivity index (χ4n) is 3.97. The van der Waals surface area contributed by atoms with E-state index < -0.39 is 28.5 Å². The number of rotatable bonds is 11. The van der Waals surface area contributed by atoms with Gasteiger partial charge in [-0.05, 0) is 68.3 Å². The monoisotopic (exact) mass is 619 g/mol. The fourth-order valence-corrected chi connectivity index (χ4v) is 5.86. The van der Waals surface area contributed by atoms with Crippen molar-refractivity contribution in [1.82, 2.24) is 10.2 Å². The number of amides is 2. The predicted octanol–water partition coefficient (Wildman–Crippen LogP) is 5.63. The zero-order chi connectivity index (χ0) is 27.9. The van der Waals surface area contributed by atoms with E-state index in [2.05, 4.69) is 21.2 Å². The minimum absolute atomic E-state index is 0.0437. The van der Waals surface area contributed by atoms with E-state index >= 15 is 0 Å². The SMILES string of the molecule is CC[C@@H](C(=O)NC(C)C)N(Cc1ccccc1Cl)C(=O)CN(c1ccc(Br)cc1)S(=O)(=O)c1ccccc1. The van der Waals surface area contributed by atoms with Crippen LogP contribution < -0.4 is 9.62 Å². The van der Waals surface area contributed by atoms with E-state index in [0.717, 1.165) is 8.78 Å². The van der Waals surface area contributed by atoms with Crippen LogP contribution in [-0.4, -0.2) is 43.8 Å². The van der Waals surface area contributed by atoms with Crippen LogP contribution in [0.25, 0.3) is 0 Å². The van der Waals surface area contributed by atoms with Gasteiger partial charge in [-0.15, -0.1) is 0 Å². The second-order valence-corrected chi connectivity index (χ2v) is 12.2. The molecule has 0 radical (unpaired) electrons. The summed E-state index contributed by atoms with van der Waals surface area (Å²) in [6.07, 6.45) is 0.332. The van der Waals surface area contributed by atoms with Crippen LogP contribution in [-0.2, 0) is 26.2 Å². The molecule has 0 unspecified atom stereocenters. The van der Waals surface area contributed by atoms with Crippen molar-refractivity contribution in [3.05, 3.63) is 93.9 Å². The third kappa shape index (κ3) is 7.36. The Morgan fingerprint density at radius 2 is 1.55 bits per heavy atom. The average molecular weight is 621 g/mol. The minimum atomic E-state index is -4.10. The van der Waals surface area contributed by atoms with Crippen molar-refractivity contribution in [2.24, 2.45) is 0 Å². The van der Waals surface area contributed by atoms with Crippen LogP contribution in [0.15, 0.2) is 88.2 Å². The molecule has 0 saturated heterocycles. The number of hydrogen-bond donors (Lipinski definition) is 1.